The molecular weight excluding hydrogens is 337 g/mol. The zero-order valence-electron chi connectivity index (χ0n) is 15.0. The van der Waals surface area contributed by atoms with E-state index >= 15 is 0 Å². The minimum Gasteiger partial charge on any atom is -0.369 e. The molecule has 1 heterocycles. The molecule has 0 aromatic heterocycles. The van der Waals surface area contributed by atoms with E-state index in [0.717, 1.165) is 6.42 Å². The molecule has 3 N–H and O–H groups in total. The lowest BCUT2D eigenvalue weighted by atomic mass is 10.0. The van der Waals surface area contributed by atoms with E-state index in [-0.39, 0.29) is 31.2 Å². The van der Waals surface area contributed by atoms with Gasteiger partial charge in [-0.3, -0.25) is 14.4 Å². The highest BCUT2D eigenvalue weighted by Crippen LogP contribution is 2.19. The molecule has 0 bridgehead atoms. The molecule has 2 atom stereocenters. The summed E-state index contributed by atoms with van der Waals surface area (Å²) in [6.45, 7) is 2.61. The molecule has 1 saturated heterocycles. The molecule has 2 amide bonds. The first kappa shape index (κ1) is 20.0. The van der Waals surface area contributed by atoms with E-state index in [1.54, 1.807) is 25.1 Å². The SMILES string of the molecule is CC(CCC(=O)N(Cc1ccccc1F)[C@H]1CCCNCC1=O)C(N)=O. The summed E-state index contributed by atoms with van der Waals surface area (Å²) in [5.41, 5.74) is 5.62. The molecular formula is C19H26FN3O3. The van der Waals surface area contributed by atoms with Crippen LogP contribution in [0.4, 0.5) is 4.39 Å². The molecule has 26 heavy (non-hydrogen) atoms. The van der Waals surface area contributed by atoms with E-state index in [2.05, 4.69) is 5.32 Å². The molecule has 0 saturated carbocycles. The zero-order valence-corrected chi connectivity index (χ0v) is 15.0. The minimum atomic E-state index is -0.582. The first-order chi connectivity index (χ1) is 12.4. The summed E-state index contributed by atoms with van der Waals surface area (Å²) >= 11 is 0. The monoisotopic (exact) mass is 363 g/mol. The van der Waals surface area contributed by atoms with Gasteiger partial charge in [-0.2, -0.15) is 0 Å². The van der Waals surface area contributed by atoms with Crippen molar-refractivity contribution in [2.45, 2.75) is 45.2 Å². The van der Waals surface area contributed by atoms with Gasteiger partial charge in [-0.1, -0.05) is 25.1 Å². The molecule has 6 nitrogen and oxygen atoms in total. The van der Waals surface area contributed by atoms with Crippen LogP contribution in [0.5, 0.6) is 0 Å². The van der Waals surface area contributed by atoms with Crippen LogP contribution in [0.2, 0.25) is 0 Å². The number of carbonyl (C=O) groups excluding carboxylic acids is 3. The maximum atomic E-state index is 14.1. The minimum absolute atomic E-state index is 0.0346. The summed E-state index contributed by atoms with van der Waals surface area (Å²) in [7, 11) is 0. The number of rotatable bonds is 7. The van der Waals surface area contributed by atoms with Crippen LogP contribution in [-0.2, 0) is 20.9 Å². The van der Waals surface area contributed by atoms with Gasteiger partial charge in [-0.15, -0.1) is 0 Å². The number of nitrogens with zero attached hydrogens (tertiary/aromatic N) is 1. The Morgan fingerprint density at radius 3 is 2.81 bits per heavy atom. The second kappa shape index (κ2) is 9.43. The molecule has 1 unspecified atom stereocenters. The number of halogens is 1. The van der Waals surface area contributed by atoms with Crippen molar-refractivity contribution in [2.24, 2.45) is 11.7 Å². The van der Waals surface area contributed by atoms with E-state index in [9.17, 15) is 18.8 Å². The maximum absolute atomic E-state index is 14.1. The van der Waals surface area contributed by atoms with Gasteiger partial charge in [0.15, 0.2) is 5.78 Å². The molecule has 142 valence electrons. The third kappa shape index (κ3) is 5.36. The summed E-state index contributed by atoms with van der Waals surface area (Å²) in [6.07, 6.45) is 1.70. The Balaban J connectivity index is 2.19. The number of primary amides is 1. The number of ketones is 1. The van der Waals surface area contributed by atoms with Crippen LogP contribution in [0.3, 0.4) is 0 Å². The van der Waals surface area contributed by atoms with Crippen molar-refractivity contribution in [3.8, 4) is 0 Å². The Hall–Kier alpha value is -2.28. The summed E-state index contributed by atoms with van der Waals surface area (Å²) in [5.74, 6) is -1.64. The Morgan fingerprint density at radius 1 is 1.38 bits per heavy atom. The van der Waals surface area contributed by atoms with Crippen LogP contribution < -0.4 is 11.1 Å². The molecule has 1 aliphatic heterocycles. The van der Waals surface area contributed by atoms with E-state index < -0.39 is 23.7 Å². The molecule has 0 aliphatic carbocycles. The van der Waals surface area contributed by atoms with E-state index in [4.69, 9.17) is 5.73 Å². The standard InChI is InChI=1S/C19H26FN3O3/c1-13(19(21)26)8-9-18(25)23(12-14-5-2-3-6-15(14)20)16-7-4-10-22-11-17(16)24/h2-3,5-6,13,16,22H,4,7-12H2,1H3,(H2,21,26)/t13?,16-/m0/s1. The lowest BCUT2D eigenvalue weighted by Crippen LogP contribution is -2.46. The Bertz CT molecular complexity index is 665. The highest BCUT2D eigenvalue weighted by molar-refractivity contribution is 5.90. The largest absolute Gasteiger partial charge is 0.369 e. The lowest BCUT2D eigenvalue weighted by molar-refractivity contribution is -0.140. The fourth-order valence-corrected chi connectivity index (χ4v) is 3.05. The van der Waals surface area contributed by atoms with Crippen molar-refractivity contribution in [1.29, 1.82) is 0 Å². The van der Waals surface area contributed by atoms with Gasteiger partial charge in [0, 0.05) is 24.4 Å². The highest BCUT2D eigenvalue weighted by atomic mass is 19.1. The van der Waals surface area contributed by atoms with Gasteiger partial charge in [0.25, 0.3) is 0 Å². The van der Waals surface area contributed by atoms with Crippen molar-refractivity contribution >= 4 is 17.6 Å². The summed E-state index contributed by atoms with van der Waals surface area (Å²) < 4.78 is 14.1. The van der Waals surface area contributed by atoms with Crippen LogP contribution in [0.1, 0.15) is 38.2 Å². The van der Waals surface area contributed by atoms with Crippen molar-refractivity contribution in [3.63, 3.8) is 0 Å². The van der Waals surface area contributed by atoms with Crippen molar-refractivity contribution in [1.82, 2.24) is 10.2 Å². The molecule has 7 heteroatoms. The Kier molecular flexibility index (Phi) is 7.26. The maximum Gasteiger partial charge on any atom is 0.223 e. The number of benzene rings is 1. The van der Waals surface area contributed by atoms with E-state index in [0.29, 0.717) is 24.9 Å². The first-order valence-corrected chi connectivity index (χ1v) is 8.95. The third-order valence-corrected chi connectivity index (χ3v) is 4.77. The summed E-state index contributed by atoms with van der Waals surface area (Å²) in [4.78, 5) is 37.9. The second-order valence-corrected chi connectivity index (χ2v) is 6.76. The van der Waals surface area contributed by atoms with Crippen LogP contribution in [-0.4, -0.2) is 41.6 Å². The van der Waals surface area contributed by atoms with E-state index in [1.807, 2.05) is 0 Å². The van der Waals surface area contributed by atoms with Crippen LogP contribution in [0.25, 0.3) is 0 Å². The zero-order chi connectivity index (χ0) is 19.1. The van der Waals surface area contributed by atoms with E-state index in [1.165, 1.54) is 11.0 Å². The van der Waals surface area contributed by atoms with Gasteiger partial charge in [-0.05, 0) is 31.9 Å². The molecule has 2 rings (SSSR count). The lowest BCUT2D eigenvalue weighted by Gasteiger charge is -2.30. The van der Waals surface area contributed by atoms with Gasteiger partial charge in [-0.25, -0.2) is 4.39 Å². The smallest absolute Gasteiger partial charge is 0.223 e. The van der Waals surface area contributed by atoms with Gasteiger partial charge in [0.2, 0.25) is 11.8 Å². The number of nitrogens with two attached hydrogens (primary N) is 1. The normalized spacial score (nSPS) is 18.8. The topological polar surface area (TPSA) is 92.5 Å². The van der Waals surface area contributed by atoms with Gasteiger partial charge in [0.05, 0.1) is 12.6 Å². The van der Waals surface area contributed by atoms with Gasteiger partial charge >= 0.3 is 0 Å². The molecule has 0 spiro atoms. The number of hydrogen-bond donors (Lipinski definition) is 2. The number of hydrogen-bond acceptors (Lipinski definition) is 4. The van der Waals surface area contributed by atoms with Crippen molar-refractivity contribution in [3.05, 3.63) is 35.6 Å². The predicted molar refractivity (Wildman–Crippen MR) is 95.4 cm³/mol. The number of carbonyl (C=O) groups is 3. The molecule has 1 aliphatic rings. The fourth-order valence-electron chi connectivity index (χ4n) is 3.05. The second-order valence-electron chi connectivity index (χ2n) is 6.76. The van der Waals surface area contributed by atoms with Crippen LogP contribution in [0.15, 0.2) is 24.3 Å². The van der Waals surface area contributed by atoms with Crippen LogP contribution in [0, 0.1) is 11.7 Å². The average Bonchev–Trinajstić information content (AvgIpc) is 2.83. The fraction of sp³-hybridized carbons (Fsp3) is 0.526. The molecule has 1 fully saturated rings. The molecule has 0 radical (unpaired) electrons. The Morgan fingerprint density at radius 2 is 2.12 bits per heavy atom. The third-order valence-electron chi connectivity index (χ3n) is 4.77. The number of Topliss-reactive ketones (excluding diaryl/α,β-unsaturated/α-hetero) is 1. The van der Waals surface area contributed by atoms with Crippen molar-refractivity contribution in [2.75, 3.05) is 13.1 Å². The summed E-state index contributed by atoms with van der Waals surface area (Å²) in [5, 5.41) is 3.04. The highest BCUT2D eigenvalue weighted by Gasteiger charge is 2.31. The quantitative estimate of drug-likeness (QED) is 0.765. The average molecular weight is 363 g/mol. The molecule has 1 aromatic rings. The van der Waals surface area contributed by atoms with Gasteiger partial charge < -0.3 is 16.0 Å². The number of nitrogens with one attached hydrogen (secondary N) is 1. The van der Waals surface area contributed by atoms with Crippen molar-refractivity contribution < 1.29 is 18.8 Å². The van der Waals surface area contributed by atoms with Gasteiger partial charge in [0.1, 0.15) is 5.82 Å². The Labute approximate surface area is 152 Å². The van der Waals surface area contributed by atoms with Crippen LogP contribution >= 0.6 is 0 Å². The first-order valence-electron chi connectivity index (χ1n) is 8.95. The molecule has 1 aromatic carbocycles. The number of amides is 2. The predicted octanol–water partition coefficient (Wildman–Crippen LogP) is 1.38. The summed E-state index contributed by atoms with van der Waals surface area (Å²) in [6, 6.07) is 5.65.